The van der Waals surface area contributed by atoms with Gasteiger partial charge in [-0.05, 0) is 6.92 Å². The molecule has 0 aliphatic carbocycles. The lowest BCUT2D eigenvalue weighted by Gasteiger charge is -2.19. The molecule has 0 bridgehead atoms. The summed E-state index contributed by atoms with van der Waals surface area (Å²) in [6.45, 7) is 1.82. The molecule has 1 N–H and O–H groups in total. The van der Waals surface area contributed by atoms with E-state index in [1.165, 1.54) is 11.8 Å². The van der Waals surface area contributed by atoms with Crippen LogP contribution >= 0.6 is 11.6 Å². The largest absolute Gasteiger partial charge is 0.480 e. The molecule has 68 valence electrons. The fourth-order valence-corrected chi connectivity index (χ4v) is 1.47. The molecule has 1 aliphatic rings. The molecule has 0 aromatic heterocycles. The van der Waals surface area contributed by atoms with Crippen LogP contribution in [0.2, 0.25) is 0 Å². The van der Waals surface area contributed by atoms with Gasteiger partial charge in [-0.1, -0.05) is 0 Å². The van der Waals surface area contributed by atoms with Crippen molar-refractivity contribution in [3.8, 4) is 0 Å². The van der Waals surface area contributed by atoms with Crippen LogP contribution in [-0.4, -0.2) is 39.8 Å². The fourth-order valence-electron chi connectivity index (χ4n) is 1.19. The number of carbonyl (C=O) groups is 2. The van der Waals surface area contributed by atoms with Gasteiger partial charge in [0.05, 0.1) is 5.38 Å². The van der Waals surface area contributed by atoms with Crippen molar-refractivity contribution in [2.24, 2.45) is 0 Å². The van der Waals surface area contributed by atoms with Crippen molar-refractivity contribution in [1.82, 2.24) is 4.90 Å². The zero-order chi connectivity index (χ0) is 9.30. The lowest BCUT2D eigenvalue weighted by Crippen LogP contribution is -2.40. The van der Waals surface area contributed by atoms with E-state index in [1.807, 2.05) is 0 Å². The first-order chi connectivity index (χ1) is 5.52. The Labute approximate surface area is 75.1 Å². The highest BCUT2D eigenvalue weighted by molar-refractivity contribution is 6.22. The zero-order valence-corrected chi connectivity index (χ0v) is 7.41. The van der Waals surface area contributed by atoms with Crippen molar-refractivity contribution in [2.75, 3.05) is 6.54 Å². The van der Waals surface area contributed by atoms with Gasteiger partial charge in [0.25, 0.3) is 0 Å². The second kappa shape index (κ2) is 3.31. The highest BCUT2D eigenvalue weighted by Gasteiger charge is 2.34. The van der Waals surface area contributed by atoms with Crippen molar-refractivity contribution >= 4 is 23.5 Å². The van der Waals surface area contributed by atoms with Crippen LogP contribution in [0, 0.1) is 0 Å². The van der Waals surface area contributed by atoms with Crippen LogP contribution in [0.3, 0.4) is 0 Å². The molecule has 0 aromatic rings. The van der Waals surface area contributed by atoms with E-state index < -0.39 is 12.0 Å². The predicted molar refractivity (Wildman–Crippen MR) is 43.1 cm³/mol. The number of carbonyl (C=O) groups excluding carboxylic acids is 1. The van der Waals surface area contributed by atoms with Crippen molar-refractivity contribution in [2.45, 2.75) is 24.8 Å². The molecule has 0 saturated carbocycles. The Hall–Kier alpha value is -0.770. The van der Waals surface area contributed by atoms with Crippen LogP contribution in [0.25, 0.3) is 0 Å². The highest BCUT2D eigenvalue weighted by atomic mass is 35.5. The minimum Gasteiger partial charge on any atom is -0.480 e. The first kappa shape index (κ1) is 9.32. The average Bonchev–Trinajstić information content (AvgIpc) is 2.28. The van der Waals surface area contributed by atoms with E-state index in [9.17, 15) is 9.59 Å². The summed E-state index contributed by atoms with van der Waals surface area (Å²) in [5.74, 6) is -1.17. The first-order valence-corrected chi connectivity index (χ1v) is 4.12. The van der Waals surface area contributed by atoms with E-state index in [2.05, 4.69) is 0 Å². The number of aliphatic carboxylic acids is 1. The van der Waals surface area contributed by atoms with E-state index in [0.29, 0.717) is 6.54 Å². The van der Waals surface area contributed by atoms with Gasteiger partial charge < -0.3 is 10.0 Å². The third-order valence-electron chi connectivity index (χ3n) is 1.94. The fraction of sp³-hybridized carbons (Fsp3) is 0.714. The molecule has 1 saturated heterocycles. The van der Waals surface area contributed by atoms with E-state index in [0.717, 1.165) is 0 Å². The van der Waals surface area contributed by atoms with Gasteiger partial charge in [0.15, 0.2) is 0 Å². The summed E-state index contributed by atoms with van der Waals surface area (Å²) < 4.78 is 0. The van der Waals surface area contributed by atoms with Crippen molar-refractivity contribution < 1.29 is 14.7 Å². The molecule has 4 nitrogen and oxygen atoms in total. The molecule has 2 atom stereocenters. The normalized spacial score (nSPS) is 26.0. The number of carboxylic acids is 1. The molecule has 12 heavy (non-hydrogen) atoms. The minimum absolute atomic E-state index is 0.176. The number of likely N-dealkylation sites (tertiary alicyclic amines) is 1. The van der Waals surface area contributed by atoms with Crippen LogP contribution in [0.5, 0.6) is 0 Å². The molecule has 1 unspecified atom stereocenters. The lowest BCUT2D eigenvalue weighted by atomic mass is 10.3. The number of amides is 1. The minimum atomic E-state index is -0.992. The number of rotatable bonds is 2. The maximum absolute atomic E-state index is 11.1. The van der Waals surface area contributed by atoms with Gasteiger partial charge >= 0.3 is 5.97 Å². The van der Waals surface area contributed by atoms with Crippen LogP contribution in [0.1, 0.15) is 13.3 Å². The molecular formula is C7H10ClNO3. The number of carboxylic acid groups (broad SMARTS) is 1. The highest BCUT2D eigenvalue weighted by Crippen LogP contribution is 2.18. The summed E-state index contributed by atoms with van der Waals surface area (Å²) in [7, 11) is 0. The Morgan fingerprint density at radius 1 is 1.83 bits per heavy atom. The molecule has 0 radical (unpaired) electrons. The SMILES string of the molecule is C[C@@H](C(=O)O)N1CC(Cl)CC1=O. The Morgan fingerprint density at radius 3 is 2.75 bits per heavy atom. The average molecular weight is 192 g/mol. The van der Waals surface area contributed by atoms with Gasteiger partial charge in [0, 0.05) is 13.0 Å². The molecular weight excluding hydrogens is 182 g/mol. The summed E-state index contributed by atoms with van der Waals surface area (Å²) in [5.41, 5.74) is 0. The number of alkyl halides is 1. The van der Waals surface area contributed by atoms with Gasteiger partial charge in [-0.15, -0.1) is 11.6 Å². The van der Waals surface area contributed by atoms with Crippen LogP contribution in [-0.2, 0) is 9.59 Å². The number of hydrogen-bond acceptors (Lipinski definition) is 2. The molecule has 1 amide bonds. The third-order valence-corrected chi connectivity index (χ3v) is 2.23. The Bertz CT molecular complexity index is 219. The second-order valence-corrected chi connectivity index (χ2v) is 3.48. The van der Waals surface area contributed by atoms with Crippen LogP contribution < -0.4 is 0 Å². The van der Waals surface area contributed by atoms with Crippen molar-refractivity contribution in [3.05, 3.63) is 0 Å². The summed E-state index contributed by atoms with van der Waals surface area (Å²) in [5, 5.41) is 8.37. The second-order valence-electron chi connectivity index (χ2n) is 2.86. The molecule has 1 fully saturated rings. The molecule has 1 heterocycles. The Morgan fingerprint density at radius 2 is 2.42 bits per heavy atom. The maximum atomic E-state index is 11.1. The quantitative estimate of drug-likeness (QED) is 0.639. The van der Waals surface area contributed by atoms with Gasteiger partial charge in [-0.3, -0.25) is 4.79 Å². The number of halogens is 1. The molecule has 1 aliphatic heterocycles. The van der Waals surface area contributed by atoms with Gasteiger partial charge in [-0.2, -0.15) is 0 Å². The molecule has 0 spiro atoms. The summed E-state index contributed by atoms with van der Waals surface area (Å²) >= 11 is 5.70. The smallest absolute Gasteiger partial charge is 0.326 e. The van der Waals surface area contributed by atoms with Crippen LogP contribution in [0.15, 0.2) is 0 Å². The molecule has 5 heteroatoms. The summed E-state index contributed by atoms with van der Waals surface area (Å²) in [6, 6.07) is -0.763. The third kappa shape index (κ3) is 1.69. The summed E-state index contributed by atoms with van der Waals surface area (Å²) in [6.07, 6.45) is 0.249. The Balaban J connectivity index is 2.64. The van der Waals surface area contributed by atoms with Crippen LogP contribution in [0.4, 0.5) is 0 Å². The van der Waals surface area contributed by atoms with E-state index in [-0.39, 0.29) is 17.7 Å². The predicted octanol–water partition coefficient (Wildman–Crippen LogP) is 0.299. The maximum Gasteiger partial charge on any atom is 0.326 e. The summed E-state index contributed by atoms with van der Waals surface area (Å²) in [4.78, 5) is 22.9. The number of hydrogen-bond donors (Lipinski definition) is 1. The van der Waals surface area contributed by atoms with E-state index in [1.54, 1.807) is 0 Å². The standard InChI is InChI=1S/C7H10ClNO3/c1-4(7(11)12)9-3-5(8)2-6(9)10/h4-5H,2-3H2,1H3,(H,11,12)/t4-,5?/m0/s1. The lowest BCUT2D eigenvalue weighted by molar-refractivity contribution is -0.147. The monoisotopic (exact) mass is 191 g/mol. The van der Waals surface area contributed by atoms with Gasteiger partial charge in [0.2, 0.25) is 5.91 Å². The topological polar surface area (TPSA) is 57.6 Å². The zero-order valence-electron chi connectivity index (χ0n) is 6.66. The van der Waals surface area contributed by atoms with Gasteiger partial charge in [-0.25, -0.2) is 4.79 Å². The van der Waals surface area contributed by atoms with E-state index >= 15 is 0 Å². The van der Waals surface area contributed by atoms with E-state index in [4.69, 9.17) is 16.7 Å². The van der Waals surface area contributed by atoms with Crippen molar-refractivity contribution in [3.63, 3.8) is 0 Å². The molecule has 1 rings (SSSR count). The van der Waals surface area contributed by atoms with Gasteiger partial charge in [0.1, 0.15) is 6.04 Å². The van der Waals surface area contributed by atoms with Crippen molar-refractivity contribution in [1.29, 1.82) is 0 Å². The Kier molecular flexibility index (Phi) is 2.57. The first-order valence-electron chi connectivity index (χ1n) is 3.68. The number of nitrogens with zero attached hydrogens (tertiary/aromatic N) is 1. The molecule has 0 aromatic carbocycles.